The second-order valence-electron chi connectivity index (χ2n) is 2.90. The van der Waals surface area contributed by atoms with Crippen molar-refractivity contribution in [2.45, 2.75) is 13.8 Å². The highest BCUT2D eigenvalue weighted by atomic mass is 16.5. The first-order valence-electron chi connectivity index (χ1n) is 5.18. The highest BCUT2D eigenvalue weighted by molar-refractivity contribution is 5.89. The number of benzene rings is 1. The Morgan fingerprint density at radius 3 is 2.69 bits per heavy atom. The van der Waals surface area contributed by atoms with Gasteiger partial charge in [0, 0.05) is 5.92 Å². The molecule has 0 amide bonds. The summed E-state index contributed by atoms with van der Waals surface area (Å²) in [4.78, 5) is 11.0. The zero-order valence-corrected chi connectivity index (χ0v) is 9.45. The zero-order chi connectivity index (χ0) is 11.8. The molecule has 3 nitrogen and oxygen atoms in total. The van der Waals surface area contributed by atoms with Crippen LogP contribution in [-0.2, 0) is 9.53 Å². The van der Waals surface area contributed by atoms with Crippen LogP contribution in [0.2, 0.25) is 0 Å². The Balaban J connectivity index is 2.83. The second-order valence-corrected chi connectivity index (χ2v) is 2.90. The molecule has 1 rings (SSSR count). The fourth-order valence-electron chi connectivity index (χ4n) is 1.14. The summed E-state index contributed by atoms with van der Waals surface area (Å²) >= 11 is 0. The van der Waals surface area contributed by atoms with Gasteiger partial charge in [0.2, 0.25) is 0 Å². The van der Waals surface area contributed by atoms with Crippen LogP contribution < -0.4 is 4.74 Å². The summed E-state index contributed by atoms with van der Waals surface area (Å²) < 4.78 is 10.1. The Labute approximate surface area is 95.4 Å². The summed E-state index contributed by atoms with van der Waals surface area (Å²) in [7, 11) is 0. The monoisotopic (exact) mass is 218 g/mol. The molecule has 1 aromatic carbocycles. The number of ether oxygens (including phenoxy) is 2. The fraction of sp³-hybridized carbons (Fsp3) is 0.308. The molecule has 0 aromatic heterocycles. The maximum atomic E-state index is 11.0. The molecule has 0 atom stereocenters. The highest BCUT2D eigenvalue weighted by Gasteiger charge is 1.99. The van der Waals surface area contributed by atoms with Gasteiger partial charge in [-0.25, -0.2) is 4.79 Å². The smallest absolute Gasteiger partial charge is 0.384 e. The third kappa shape index (κ3) is 3.66. The van der Waals surface area contributed by atoms with Crippen molar-refractivity contribution >= 4 is 5.97 Å². The van der Waals surface area contributed by atoms with Gasteiger partial charge >= 0.3 is 5.97 Å². The van der Waals surface area contributed by atoms with Crippen molar-refractivity contribution < 1.29 is 14.3 Å². The molecule has 0 saturated heterocycles. The molecule has 3 heteroatoms. The molecular weight excluding hydrogens is 204 g/mol. The van der Waals surface area contributed by atoms with Crippen molar-refractivity contribution in [3.8, 4) is 17.6 Å². The molecule has 0 heterocycles. The Hall–Kier alpha value is -1.95. The molecule has 0 bridgehead atoms. The van der Waals surface area contributed by atoms with Gasteiger partial charge in [-0.3, -0.25) is 0 Å². The third-order valence-corrected chi connectivity index (χ3v) is 1.76. The van der Waals surface area contributed by atoms with Gasteiger partial charge in [0.25, 0.3) is 0 Å². The number of esters is 1. The quantitative estimate of drug-likeness (QED) is 0.575. The van der Waals surface area contributed by atoms with Gasteiger partial charge in [0.1, 0.15) is 5.75 Å². The summed E-state index contributed by atoms with van der Waals surface area (Å²) in [5.41, 5.74) is 0.692. The zero-order valence-electron chi connectivity index (χ0n) is 9.45. The van der Waals surface area contributed by atoms with E-state index in [-0.39, 0.29) is 0 Å². The van der Waals surface area contributed by atoms with Gasteiger partial charge in [0.15, 0.2) is 0 Å². The Morgan fingerprint density at radius 2 is 2.00 bits per heavy atom. The van der Waals surface area contributed by atoms with Gasteiger partial charge < -0.3 is 9.47 Å². The van der Waals surface area contributed by atoms with E-state index in [1.165, 1.54) is 0 Å². The number of rotatable bonds is 3. The minimum absolute atomic E-state index is 0.334. The molecule has 0 fully saturated rings. The number of para-hydroxylation sites is 1. The lowest BCUT2D eigenvalue weighted by Gasteiger charge is -2.04. The highest BCUT2D eigenvalue weighted by Crippen LogP contribution is 2.16. The topological polar surface area (TPSA) is 35.5 Å². The standard InChI is InChI=1S/C13H14O3/c1-3-15-12-8-6-5-7-11(12)9-10-13(14)16-4-2/h5-8H,3-4H2,1-2H3. The van der Waals surface area contributed by atoms with Crippen LogP contribution in [0.3, 0.4) is 0 Å². The summed E-state index contributed by atoms with van der Waals surface area (Å²) in [6, 6.07) is 7.33. The van der Waals surface area contributed by atoms with Gasteiger partial charge in [-0.15, -0.1) is 0 Å². The number of hydrogen-bond acceptors (Lipinski definition) is 3. The van der Waals surface area contributed by atoms with E-state index in [1.807, 2.05) is 25.1 Å². The molecule has 0 radical (unpaired) electrons. The third-order valence-electron chi connectivity index (χ3n) is 1.76. The van der Waals surface area contributed by atoms with E-state index >= 15 is 0 Å². The van der Waals surface area contributed by atoms with E-state index in [2.05, 4.69) is 11.8 Å². The van der Waals surface area contributed by atoms with E-state index in [0.29, 0.717) is 24.5 Å². The average molecular weight is 218 g/mol. The maximum absolute atomic E-state index is 11.0. The molecule has 16 heavy (non-hydrogen) atoms. The van der Waals surface area contributed by atoms with E-state index in [0.717, 1.165) is 0 Å². The molecule has 0 aliphatic heterocycles. The van der Waals surface area contributed by atoms with Crippen molar-refractivity contribution in [2.75, 3.05) is 13.2 Å². The van der Waals surface area contributed by atoms with Gasteiger partial charge in [-0.1, -0.05) is 18.1 Å². The largest absolute Gasteiger partial charge is 0.493 e. The minimum atomic E-state index is -0.520. The Kier molecular flexibility index (Phi) is 4.94. The predicted octanol–water partition coefficient (Wildman–Crippen LogP) is 2.00. The molecule has 1 aromatic rings. The molecule has 0 saturated carbocycles. The first-order chi connectivity index (χ1) is 7.77. The normalized spacial score (nSPS) is 8.88. The van der Waals surface area contributed by atoms with Crippen LogP contribution in [0, 0.1) is 11.8 Å². The van der Waals surface area contributed by atoms with Crippen LogP contribution in [0.25, 0.3) is 0 Å². The maximum Gasteiger partial charge on any atom is 0.384 e. The van der Waals surface area contributed by atoms with Crippen LogP contribution in [0.1, 0.15) is 19.4 Å². The second kappa shape index (κ2) is 6.52. The molecule has 0 aliphatic carbocycles. The van der Waals surface area contributed by atoms with Crippen LogP contribution >= 0.6 is 0 Å². The van der Waals surface area contributed by atoms with Crippen LogP contribution in [0.5, 0.6) is 5.75 Å². The number of carbonyl (C=O) groups is 1. The first kappa shape index (κ1) is 12.1. The van der Waals surface area contributed by atoms with Gasteiger partial charge in [-0.2, -0.15) is 0 Å². The van der Waals surface area contributed by atoms with Crippen molar-refractivity contribution in [2.24, 2.45) is 0 Å². The van der Waals surface area contributed by atoms with Crippen LogP contribution in [0.4, 0.5) is 0 Å². The van der Waals surface area contributed by atoms with E-state index in [9.17, 15) is 4.79 Å². The lowest BCUT2D eigenvalue weighted by Crippen LogP contribution is -2.00. The summed E-state index contributed by atoms with van der Waals surface area (Å²) in [5.74, 6) is 5.30. The van der Waals surface area contributed by atoms with Crippen molar-refractivity contribution in [3.05, 3.63) is 29.8 Å². The van der Waals surface area contributed by atoms with Crippen molar-refractivity contribution in [1.29, 1.82) is 0 Å². The lowest BCUT2D eigenvalue weighted by atomic mass is 10.2. The molecule has 84 valence electrons. The Morgan fingerprint density at radius 1 is 1.25 bits per heavy atom. The van der Waals surface area contributed by atoms with E-state index in [1.54, 1.807) is 13.0 Å². The van der Waals surface area contributed by atoms with E-state index < -0.39 is 5.97 Å². The first-order valence-corrected chi connectivity index (χ1v) is 5.18. The predicted molar refractivity (Wildman–Crippen MR) is 61.1 cm³/mol. The summed E-state index contributed by atoms with van der Waals surface area (Å²) in [6.45, 7) is 4.54. The van der Waals surface area contributed by atoms with Crippen molar-refractivity contribution in [1.82, 2.24) is 0 Å². The van der Waals surface area contributed by atoms with Crippen LogP contribution in [-0.4, -0.2) is 19.2 Å². The average Bonchev–Trinajstić information content (AvgIpc) is 2.29. The molecular formula is C13H14O3. The Bertz CT molecular complexity index is 413. The molecule has 0 unspecified atom stereocenters. The van der Waals surface area contributed by atoms with Gasteiger partial charge in [-0.05, 0) is 26.0 Å². The SMILES string of the molecule is CCOC(=O)C#Cc1ccccc1OCC. The number of carbonyl (C=O) groups excluding carboxylic acids is 1. The molecule has 0 aliphatic rings. The summed E-state index contributed by atoms with van der Waals surface area (Å²) in [6.07, 6.45) is 0. The molecule has 0 spiro atoms. The number of hydrogen-bond donors (Lipinski definition) is 0. The summed E-state index contributed by atoms with van der Waals surface area (Å²) in [5, 5.41) is 0. The fourth-order valence-corrected chi connectivity index (χ4v) is 1.14. The van der Waals surface area contributed by atoms with Gasteiger partial charge in [0.05, 0.1) is 18.8 Å². The van der Waals surface area contributed by atoms with Crippen molar-refractivity contribution in [3.63, 3.8) is 0 Å². The van der Waals surface area contributed by atoms with Crippen LogP contribution in [0.15, 0.2) is 24.3 Å². The molecule has 0 N–H and O–H groups in total. The van der Waals surface area contributed by atoms with E-state index in [4.69, 9.17) is 9.47 Å². The minimum Gasteiger partial charge on any atom is -0.493 e. The lowest BCUT2D eigenvalue weighted by molar-refractivity contribution is -0.136.